The molecule has 0 fully saturated rings. The number of pyridine rings is 1. The number of rotatable bonds is 4. The third-order valence-electron chi connectivity index (χ3n) is 2.74. The highest BCUT2D eigenvalue weighted by atomic mass is 79.9. The zero-order chi connectivity index (χ0) is 14.7. The maximum absolute atomic E-state index is 11.1. The standard InChI is InChI=1S/C13H11BrClN3O2/c1-17(8-9-4-2-3-5-11(9)15)13-12(18(19)20)6-10(14)7-16-13/h2-7H,8H2,1H3. The quantitative estimate of drug-likeness (QED) is 0.613. The van der Waals surface area contributed by atoms with E-state index in [1.54, 1.807) is 18.0 Å². The molecule has 1 aromatic carbocycles. The number of aromatic nitrogens is 1. The number of nitro groups is 1. The van der Waals surface area contributed by atoms with Gasteiger partial charge in [0, 0.05) is 35.4 Å². The average molecular weight is 357 g/mol. The highest BCUT2D eigenvalue weighted by Gasteiger charge is 2.20. The van der Waals surface area contributed by atoms with Crippen LogP contribution in [0.15, 0.2) is 41.0 Å². The van der Waals surface area contributed by atoms with Crippen molar-refractivity contribution in [1.29, 1.82) is 0 Å². The summed E-state index contributed by atoms with van der Waals surface area (Å²) < 4.78 is 0.569. The van der Waals surface area contributed by atoms with E-state index in [-0.39, 0.29) is 5.69 Å². The van der Waals surface area contributed by atoms with E-state index in [0.29, 0.717) is 21.9 Å². The maximum Gasteiger partial charge on any atom is 0.312 e. The highest BCUT2D eigenvalue weighted by Crippen LogP contribution is 2.29. The van der Waals surface area contributed by atoms with Gasteiger partial charge in [0.15, 0.2) is 0 Å². The molecule has 20 heavy (non-hydrogen) atoms. The lowest BCUT2D eigenvalue weighted by Crippen LogP contribution is -2.19. The molecule has 0 spiro atoms. The number of benzene rings is 1. The Morgan fingerprint density at radius 2 is 2.15 bits per heavy atom. The molecule has 1 heterocycles. The SMILES string of the molecule is CN(Cc1ccccc1Cl)c1ncc(Br)cc1[N+](=O)[O-]. The first kappa shape index (κ1) is 14.7. The van der Waals surface area contributed by atoms with Crippen molar-refractivity contribution in [3.63, 3.8) is 0 Å². The molecular weight excluding hydrogens is 346 g/mol. The van der Waals surface area contributed by atoms with Crippen LogP contribution in [0.4, 0.5) is 11.5 Å². The van der Waals surface area contributed by atoms with Crippen molar-refractivity contribution in [3.05, 3.63) is 61.7 Å². The van der Waals surface area contributed by atoms with Gasteiger partial charge in [-0.1, -0.05) is 29.8 Å². The van der Waals surface area contributed by atoms with Gasteiger partial charge >= 0.3 is 5.69 Å². The summed E-state index contributed by atoms with van der Waals surface area (Å²) in [5.41, 5.74) is 0.838. The topological polar surface area (TPSA) is 59.3 Å². The first-order valence-electron chi connectivity index (χ1n) is 5.73. The molecule has 2 aromatic rings. The van der Waals surface area contributed by atoms with Crippen LogP contribution >= 0.6 is 27.5 Å². The maximum atomic E-state index is 11.1. The second-order valence-electron chi connectivity index (χ2n) is 4.20. The van der Waals surface area contributed by atoms with E-state index in [4.69, 9.17) is 11.6 Å². The zero-order valence-electron chi connectivity index (χ0n) is 10.6. The minimum absolute atomic E-state index is 0.0473. The van der Waals surface area contributed by atoms with Gasteiger partial charge in [-0.15, -0.1) is 0 Å². The van der Waals surface area contributed by atoms with E-state index < -0.39 is 4.92 Å². The molecule has 0 atom stereocenters. The van der Waals surface area contributed by atoms with Crippen LogP contribution in [0, 0.1) is 10.1 Å². The Bertz CT molecular complexity index is 651. The number of hydrogen-bond acceptors (Lipinski definition) is 4. The monoisotopic (exact) mass is 355 g/mol. The lowest BCUT2D eigenvalue weighted by Gasteiger charge is -2.18. The van der Waals surface area contributed by atoms with E-state index in [9.17, 15) is 10.1 Å². The lowest BCUT2D eigenvalue weighted by molar-refractivity contribution is -0.384. The van der Waals surface area contributed by atoms with Crippen molar-refractivity contribution in [2.45, 2.75) is 6.54 Å². The van der Waals surface area contributed by atoms with Crippen LogP contribution in [0.2, 0.25) is 5.02 Å². The smallest absolute Gasteiger partial charge is 0.312 e. The van der Waals surface area contributed by atoms with Crippen LogP contribution in [-0.2, 0) is 6.54 Å². The Balaban J connectivity index is 2.32. The zero-order valence-corrected chi connectivity index (χ0v) is 12.9. The van der Waals surface area contributed by atoms with Crippen LogP contribution in [0.5, 0.6) is 0 Å². The molecule has 0 saturated heterocycles. The fraction of sp³-hybridized carbons (Fsp3) is 0.154. The summed E-state index contributed by atoms with van der Waals surface area (Å²) in [5.74, 6) is 0.304. The van der Waals surface area contributed by atoms with E-state index >= 15 is 0 Å². The summed E-state index contributed by atoms with van der Waals surface area (Å²) in [5, 5.41) is 11.7. The van der Waals surface area contributed by atoms with Gasteiger partial charge in [-0.05, 0) is 27.6 Å². The molecule has 5 nitrogen and oxygen atoms in total. The fourth-order valence-electron chi connectivity index (χ4n) is 1.81. The summed E-state index contributed by atoms with van der Waals surface area (Å²) in [6.07, 6.45) is 1.53. The summed E-state index contributed by atoms with van der Waals surface area (Å²) >= 11 is 9.28. The van der Waals surface area contributed by atoms with Crippen molar-refractivity contribution < 1.29 is 4.92 Å². The summed E-state index contributed by atoms with van der Waals surface area (Å²) in [6.45, 7) is 0.440. The minimum atomic E-state index is -0.448. The molecule has 0 amide bonds. The van der Waals surface area contributed by atoms with E-state index in [2.05, 4.69) is 20.9 Å². The molecular formula is C13H11BrClN3O2. The van der Waals surface area contributed by atoms with Gasteiger partial charge in [0.05, 0.1) is 4.92 Å². The minimum Gasteiger partial charge on any atom is -0.350 e. The van der Waals surface area contributed by atoms with Gasteiger partial charge in [0.25, 0.3) is 0 Å². The normalized spacial score (nSPS) is 10.3. The first-order chi connectivity index (χ1) is 9.49. The van der Waals surface area contributed by atoms with Gasteiger partial charge in [0.2, 0.25) is 5.82 Å². The Morgan fingerprint density at radius 1 is 1.45 bits per heavy atom. The molecule has 2 rings (SSSR count). The number of nitrogens with zero attached hydrogens (tertiary/aromatic N) is 3. The van der Waals surface area contributed by atoms with Crippen molar-refractivity contribution in [3.8, 4) is 0 Å². The fourth-order valence-corrected chi connectivity index (χ4v) is 2.32. The predicted molar refractivity (Wildman–Crippen MR) is 82.2 cm³/mol. The Labute approximate surface area is 129 Å². The molecule has 0 aliphatic heterocycles. The van der Waals surface area contributed by atoms with Crippen molar-refractivity contribution >= 4 is 39.0 Å². The predicted octanol–water partition coefficient (Wildman–Crippen LogP) is 4.04. The molecule has 0 N–H and O–H groups in total. The molecule has 0 aliphatic rings. The number of hydrogen-bond donors (Lipinski definition) is 0. The third-order valence-corrected chi connectivity index (χ3v) is 3.54. The van der Waals surface area contributed by atoms with E-state index in [1.807, 2.05) is 18.2 Å². The summed E-state index contributed by atoms with van der Waals surface area (Å²) in [6, 6.07) is 8.81. The van der Waals surface area contributed by atoms with Gasteiger partial charge in [0.1, 0.15) is 0 Å². The van der Waals surface area contributed by atoms with E-state index in [1.165, 1.54) is 12.3 Å². The van der Waals surface area contributed by atoms with E-state index in [0.717, 1.165) is 5.56 Å². The highest BCUT2D eigenvalue weighted by molar-refractivity contribution is 9.10. The largest absolute Gasteiger partial charge is 0.350 e. The van der Waals surface area contributed by atoms with Crippen molar-refractivity contribution in [2.24, 2.45) is 0 Å². The average Bonchev–Trinajstić information content (AvgIpc) is 2.41. The van der Waals surface area contributed by atoms with Crippen LogP contribution in [0.3, 0.4) is 0 Å². The number of anilines is 1. The van der Waals surface area contributed by atoms with Gasteiger partial charge < -0.3 is 4.90 Å². The molecule has 0 radical (unpaired) electrons. The van der Waals surface area contributed by atoms with Crippen molar-refractivity contribution in [2.75, 3.05) is 11.9 Å². The summed E-state index contributed by atoms with van der Waals surface area (Å²) in [7, 11) is 1.74. The molecule has 0 unspecified atom stereocenters. The molecule has 1 aromatic heterocycles. The second kappa shape index (κ2) is 6.19. The Kier molecular flexibility index (Phi) is 4.57. The van der Waals surface area contributed by atoms with Crippen LogP contribution < -0.4 is 4.90 Å². The van der Waals surface area contributed by atoms with Crippen LogP contribution in [0.1, 0.15) is 5.56 Å². The van der Waals surface area contributed by atoms with Crippen molar-refractivity contribution in [1.82, 2.24) is 4.98 Å². The third kappa shape index (κ3) is 3.26. The van der Waals surface area contributed by atoms with Crippen LogP contribution in [0.25, 0.3) is 0 Å². The molecule has 104 valence electrons. The van der Waals surface area contributed by atoms with Gasteiger partial charge in [-0.2, -0.15) is 0 Å². The Morgan fingerprint density at radius 3 is 2.80 bits per heavy atom. The van der Waals surface area contributed by atoms with Gasteiger partial charge in [-0.3, -0.25) is 10.1 Å². The Hall–Kier alpha value is -1.66. The molecule has 7 heteroatoms. The second-order valence-corrected chi connectivity index (χ2v) is 5.52. The molecule has 0 aliphatic carbocycles. The molecule has 0 saturated carbocycles. The summed E-state index contributed by atoms with van der Waals surface area (Å²) in [4.78, 5) is 16.5. The first-order valence-corrected chi connectivity index (χ1v) is 6.90. The molecule has 0 bridgehead atoms. The van der Waals surface area contributed by atoms with Crippen LogP contribution in [-0.4, -0.2) is 17.0 Å². The van der Waals surface area contributed by atoms with Gasteiger partial charge in [-0.25, -0.2) is 4.98 Å². The number of halogens is 2. The lowest BCUT2D eigenvalue weighted by atomic mass is 10.2.